The Balaban J connectivity index is 2.05. The van der Waals surface area contributed by atoms with Crippen LogP contribution in [0.15, 0.2) is 53.6 Å². The summed E-state index contributed by atoms with van der Waals surface area (Å²) < 4.78 is 5.56. The number of rotatable bonds is 6. The Kier molecular flexibility index (Phi) is 5.98. The molecule has 0 bridgehead atoms. The summed E-state index contributed by atoms with van der Waals surface area (Å²) in [5.74, 6) is 0.227. The highest BCUT2D eigenvalue weighted by atomic mass is 35.5. The predicted molar refractivity (Wildman–Crippen MR) is 88.7 cm³/mol. The quantitative estimate of drug-likeness (QED) is 0.649. The van der Waals surface area contributed by atoms with Crippen LogP contribution in [0.3, 0.4) is 0 Å². The lowest BCUT2D eigenvalue weighted by atomic mass is 10.2. The summed E-state index contributed by atoms with van der Waals surface area (Å²) in [7, 11) is 0. The maximum atomic E-state index is 12.2. The van der Waals surface area contributed by atoms with Crippen LogP contribution in [0, 0.1) is 0 Å². The van der Waals surface area contributed by atoms with Crippen LogP contribution in [0.5, 0.6) is 5.75 Å². The molecule has 0 aliphatic heterocycles. The van der Waals surface area contributed by atoms with Crippen LogP contribution < -0.4 is 10.2 Å². The Bertz CT molecular complexity index is 671. The van der Waals surface area contributed by atoms with E-state index in [0.717, 1.165) is 12.0 Å². The number of nitrogens with zero attached hydrogens (tertiary/aromatic N) is 1. The van der Waals surface area contributed by atoms with E-state index >= 15 is 0 Å². The summed E-state index contributed by atoms with van der Waals surface area (Å²) in [5.41, 5.74) is 3.67. The summed E-state index contributed by atoms with van der Waals surface area (Å²) in [6.45, 7) is 2.57. The average Bonchev–Trinajstić information content (AvgIpc) is 2.55. The number of hydrogen-bond donors (Lipinski definition) is 1. The van der Waals surface area contributed by atoms with Gasteiger partial charge in [0, 0.05) is 10.6 Å². The minimum absolute atomic E-state index is 0.324. The Morgan fingerprint density at radius 3 is 2.73 bits per heavy atom. The number of benzene rings is 2. The Morgan fingerprint density at radius 2 is 1.95 bits per heavy atom. The van der Waals surface area contributed by atoms with Crippen LogP contribution in [0.4, 0.5) is 0 Å². The molecule has 1 amide bonds. The number of carbonyl (C=O) groups excluding carboxylic acids is 1. The molecule has 0 saturated heterocycles. The van der Waals surface area contributed by atoms with Crippen LogP contribution in [0.1, 0.15) is 29.3 Å². The van der Waals surface area contributed by atoms with Crippen LogP contribution in [-0.4, -0.2) is 18.7 Å². The van der Waals surface area contributed by atoms with E-state index in [4.69, 9.17) is 16.3 Å². The van der Waals surface area contributed by atoms with Gasteiger partial charge in [-0.2, -0.15) is 5.10 Å². The highest BCUT2D eigenvalue weighted by Crippen LogP contribution is 2.18. The van der Waals surface area contributed by atoms with E-state index in [9.17, 15) is 4.79 Å². The topological polar surface area (TPSA) is 50.7 Å². The lowest BCUT2D eigenvalue weighted by Gasteiger charge is -2.09. The second-order valence-corrected chi connectivity index (χ2v) is 4.97. The summed E-state index contributed by atoms with van der Waals surface area (Å²) in [6.07, 6.45) is 2.39. The average molecular weight is 317 g/mol. The van der Waals surface area contributed by atoms with Gasteiger partial charge in [0.25, 0.3) is 5.91 Å². The fourth-order valence-corrected chi connectivity index (χ4v) is 1.98. The zero-order chi connectivity index (χ0) is 15.8. The highest BCUT2D eigenvalue weighted by molar-refractivity contribution is 6.33. The SMILES string of the molecule is CCCOc1ccccc1C(=O)N/N=C/c1ccccc1Cl. The maximum Gasteiger partial charge on any atom is 0.275 e. The number of halogens is 1. The van der Waals surface area contributed by atoms with Crippen molar-refractivity contribution in [3.63, 3.8) is 0 Å². The van der Waals surface area contributed by atoms with E-state index in [-0.39, 0.29) is 5.91 Å². The molecule has 0 heterocycles. The normalized spacial score (nSPS) is 10.6. The predicted octanol–water partition coefficient (Wildman–Crippen LogP) is 3.89. The first kappa shape index (κ1) is 16.0. The van der Waals surface area contributed by atoms with E-state index in [1.807, 2.05) is 31.2 Å². The zero-order valence-electron chi connectivity index (χ0n) is 12.3. The lowest BCUT2D eigenvalue weighted by Crippen LogP contribution is -2.18. The first-order valence-electron chi connectivity index (χ1n) is 7.02. The van der Waals surface area contributed by atoms with Gasteiger partial charge in [-0.3, -0.25) is 4.79 Å². The van der Waals surface area contributed by atoms with Gasteiger partial charge < -0.3 is 4.74 Å². The molecule has 0 atom stereocenters. The molecule has 4 nitrogen and oxygen atoms in total. The van der Waals surface area contributed by atoms with Crippen LogP contribution in [0.25, 0.3) is 0 Å². The minimum atomic E-state index is -0.324. The Labute approximate surface area is 134 Å². The molecule has 0 radical (unpaired) electrons. The number of hydrazone groups is 1. The molecule has 0 saturated carbocycles. The molecule has 22 heavy (non-hydrogen) atoms. The second-order valence-electron chi connectivity index (χ2n) is 4.57. The second kappa shape index (κ2) is 8.20. The molecule has 2 rings (SSSR count). The molecular weight excluding hydrogens is 300 g/mol. The van der Waals surface area contributed by atoms with Gasteiger partial charge in [0.05, 0.1) is 18.4 Å². The summed E-state index contributed by atoms with van der Waals surface area (Å²) in [6, 6.07) is 14.3. The lowest BCUT2D eigenvalue weighted by molar-refractivity contribution is 0.0951. The molecule has 0 aromatic heterocycles. The molecule has 1 N–H and O–H groups in total. The third-order valence-electron chi connectivity index (χ3n) is 2.87. The fraction of sp³-hybridized carbons (Fsp3) is 0.176. The van der Waals surface area contributed by atoms with Crippen molar-refractivity contribution in [2.45, 2.75) is 13.3 Å². The third-order valence-corrected chi connectivity index (χ3v) is 3.21. The molecular formula is C17H17ClN2O2. The maximum absolute atomic E-state index is 12.2. The van der Waals surface area contributed by atoms with Gasteiger partial charge in [-0.1, -0.05) is 48.9 Å². The van der Waals surface area contributed by atoms with Crippen molar-refractivity contribution in [3.8, 4) is 5.75 Å². The van der Waals surface area contributed by atoms with E-state index in [1.165, 1.54) is 6.21 Å². The first-order chi connectivity index (χ1) is 10.7. The molecule has 0 aliphatic carbocycles. The number of ether oxygens (including phenoxy) is 1. The standard InChI is InChI=1S/C17H17ClN2O2/c1-2-11-22-16-10-6-4-8-14(16)17(21)20-19-12-13-7-3-5-9-15(13)18/h3-10,12H,2,11H2,1H3,(H,20,21)/b19-12+. The van der Waals surface area contributed by atoms with Crippen molar-refractivity contribution in [2.24, 2.45) is 5.10 Å². The van der Waals surface area contributed by atoms with E-state index in [2.05, 4.69) is 10.5 Å². The summed E-state index contributed by atoms with van der Waals surface area (Å²) in [4.78, 5) is 12.2. The van der Waals surface area contributed by atoms with Gasteiger partial charge in [-0.15, -0.1) is 0 Å². The molecule has 0 spiro atoms. The molecule has 114 valence electrons. The number of para-hydroxylation sites is 1. The Morgan fingerprint density at radius 1 is 1.23 bits per heavy atom. The van der Waals surface area contributed by atoms with Crippen molar-refractivity contribution < 1.29 is 9.53 Å². The van der Waals surface area contributed by atoms with Crippen molar-refractivity contribution in [3.05, 3.63) is 64.7 Å². The minimum Gasteiger partial charge on any atom is -0.493 e. The van der Waals surface area contributed by atoms with Gasteiger partial charge in [0.15, 0.2) is 0 Å². The van der Waals surface area contributed by atoms with Crippen molar-refractivity contribution in [1.82, 2.24) is 5.43 Å². The highest BCUT2D eigenvalue weighted by Gasteiger charge is 2.10. The molecule has 0 aliphatic rings. The third kappa shape index (κ3) is 4.33. The van der Waals surface area contributed by atoms with E-state index in [1.54, 1.807) is 24.3 Å². The van der Waals surface area contributed by atoms with E-state index < -0.39 is 0 Å². The first-order valence-corrected chi connectivity index (χ1v) is 7.40. The Hall–Kier alpha value is -2.33. The number of carbonyl (C=O) groups is 1. The molecule has 2 aromatic rings. The molecule has 2 aromatic carbocycles. The van der Waals surface area contributed by atoms with Gasteiger partial charge in [0.2, 0.25) is 0 Å². The van der Waals surface area contributed by atoms with Gasteiger partial charge in [-0.25, -0.2) is 5.43 Å². The van der Waals surface area contributed by atoms with E-state index in [0.29, 0.717) is 22.9 Å². The smallest absolute Gasteiger partial charge is 0.275 e. The summed E-state index contributed by atoms with van der Waals surface area (Å²) in [5, 5.41) is 4.51. The van der Waals surface area contributed by atoms with Crippen LogP contribution in [0.2, 0.25) is 5.02 Å². The van der Waals surface area contributed by atoms with Gasteiger partial charge >= 0.3 is 0 Å². The monoisotopic (exact) mass is 316 g/mol. The van der Waals surface area contributed by atoms with Gasteiger partial charge in [0.1, 0.15) is 5.75 Å². The van der Waals surface area contributed by atoms with Gasteiger partial charge in [-0.05, 0) is 24.6 Å². The van der Waals surface area contributed by atoms with Crippen molar-refractivity contribution in [1.29, 1.82) is 0 Å². The van der Waals surface area contributed by atoms with Crippen LogP contribution in [-0.2, 0) is 0 Å². The molecule has 5 heteroatoms. The van der Waals surface area contributed by atoms with Crippen molar-refractivity contribution in [2.75, 3.05) is 6.61 Å². The summed E-state index contributed by atoms with van der Waals surface area (Å²) >= 11 is 6.02. The molecule has 0 unspecified atom stereocenters. The number of hydrogen-bond acceptors (Lipinski definition) is 3. The number of amides is 1. The fourth-order valence-electron chi connectivity index (χ4n) is 1.79. The molecule has 0 fully saturated rings. The number of nitrogens with one attached hydrogen (secondary N) is 1. The zero-order valence-corrected chi connectivity index (χ0v) is 13.0. The van der Waals surface area contributed by atoms with Crippen molar-refractivity contribution >= 4 is 23.7 Å². The largest absolute Gasteiger partial charge is 0.493 e. The van der Waals surface area contributed by atoms with Crippen LogP contribution >= 0.6 is 11.6 Å².